The lowest BCUT2D eigenvalue weighted by molar-refractivity contribution is -0.126. The SMILES string of the molecule is CCn1cc(S(=O)(=O)N2CCCC(C(=O)NCCN)C2)nc1C.Cl. The van der Waals surface area contributed by atoms with Crippen molar-refractivity contribution in [3.63, 3.8) is 0 Å². The lowest BCUT2D eigenvalue weighted by Crippen LogP contribution is -2.46. The highest BCUT2D eigenvalue weighted by molar-refractivity contribution is 7.89. The average molecular weight is 380 g/mol. The lowest BCUT2D eigenvalue weighted by Gasteiger charge is -2.30. The summed E-state index contributed by atoms with van der Waals surface area (Å²) >= 11 is 0. The van der Waals surface area contributed by atoms with Crippen molar-refractivity contribution in [2.45, 2.75) is 38.3 Å². The number of rotatable bonds is 6. The molecule has 0 radical (unpaired) electrons. The third-order valence-corrected chi connectivity index (χ3v) is 5.83. The Morgan fingerprint density at radius 3 is 2.79 bits per heavy atom. The molecular weight excluding hydrogens is 354 g/mol. The monoisotopic (exact) mass is 379 g/mol. The van der Waals surface area contributed by atoms with Crippen molar-refractivity contribution in [2.24, 2.45) is 11.7 Å². The number of aromatic nitrogens is 2. The molecule has 138 valence electrons. The van der Waals surface area contributed by atoms with Crippen LogP contribution in [0.2, 0.25) is 0 Å². The van der Waals surface area contributed by atoms with Gasteiger partial charge >= 0.3 is 0 Å². The number of imidazole rings is 1. The number of nitrogens with zero attached hydrogens (tertiary/aromatic N) is 3. The Hall–Kier alpha value is -1.16. The van der Waals surface area contributed by atoms with E-state index in [1.807, 2.05) is 6.92 Å². The molecule has 0 aliphatic carbocycles. The summed E-state index contributed by atoms with van der Waals surface area (Å²) in [5.41, 5.74) is 5.38. The topological polar surface area (TPSA) is 110 Å². The third kappa shape index (κ3) is 4.47. The van der Waals surface area contributed by atoms with Gasteiger partial charge in [-0.2, -0.15) is 4.31 Å². The zero-order valence-corrected chi connectivity index (χ0v) is 15.7. The van der Waals surface area contributed by atoms with Gasteiger partial charge in [-0.1, -0.05) is 0 Å². The van der Waals surface area contributed by atoms with E-state index in [2.05, 4.69) is 10.3 Å². The first-order valence-corrected chi connectivity index (χ1v) is 9.35. The van der Waals surface area contributed by atoms with Crippen LogP contribution in [-0.2, 0) is 21.4 Å². The quantitative estimate of drug-likeness (QED) is 0.728. The third-order valence-electron chi connectivity index (χ3n) is 4.10. The lowest BCUT2D eigenvalue weighted by atomic mass is 9.99. The minimum Gasteiger partial charge on any atom is -0.355 e. The maximum absolute atomic E-state index is 12.7. The number of nitrogens with two attached hydrogens (primary N) is 1. The van der Waals surface area contributed by atoms with E-state index in [0.29, 0.717) is 44.8 Å². The second-order valence-electron chi connectivity index (χ2n) is 5.69. The fourth-order valence-electron chi connectivity index (χ4n) is 2.77. The Morgan fingerprint density at radius 2 is 2.21 bits per heavy atom. The summed E-state index contributed by atoms with van der Waals surface area (Å²) in [4.78, 5) is 16.2. The first kappa shape index (κ1) is 20.9. The number of sulfonamides is 1. The smallest absolute Gasteiger partial charge is 0.262 e. The van der Waals surface area contributed by atoms with Gasteiger partial charge in [0, 0.05) is 38.9 Å². The summed E-state index contributed by atoms with van der Waals surface area (Å²) < 4.78 is 28.7. The predicted octanol–water partition coefficient (Wildman–Crippen LogP) is 0.109. The molecular formula is C14H26ClN5O3S. The molecule has 0 spiro atoms. The number of nitrogens with one attached hydrogen (secondary N) is 1. The Labute approximate surface area is 149 Å². The molecule has 24 heavy (non-hydrogen) atoms. The first-order valence-electron chi connectivity index (χ1n) is 7.91. The van der Waals surface area contributed by atoms with Crippen molar-refractivity contribution in [1.29, 1.82) is 0 Å². The molecule has 1 amide bonds. The van der Waals surface area contributed by atoms with E-state index in [1.54, 1.807) is 17.7 Å². The molecule has 1 aromatic rings. The molecule has 2 rings (SSSR count). The molecule has 1 aliphatic rings. The summed E-state index contributed by atoms with van der Waals surface area (Å²) in [6, 6.07) is 0. The van der Waals surface area contributed by atoms with Crippen molar-refractivity contribution >= 4 is 28.3 Å². The van der Waals surface area contributed by atoms with Gasteiger partial charge in [-0.15, -0.1) is 12.4 Å². The second-order valence-corrected chi connectivity index (χ2v) is 7.58. The average Bonchev–Trinajstić information content (AvgIpc) is 2.94. The van der Waals surface area contributed by atoms with Crippen molar-refractivity contribution < 1.29 is 13.2 Å². The number of carbonyl (C=O) groups excluding carboxylic acids is 1. The van der Waals surface area contributed by atoms with Crippen LogP contribution in [0.25, 0.3) is 0 Å². The summed E-state index contributed by atoms with van der Waals surface area (Å²) in [6.07, 6.45) is 2.90. The summed E-state index contributed by atoms with van der Waals surface area (Å²) in [6.45, 7) is 5.76. The van der Waals surface area contributed by atoms with Crippen molar-refractivity contribution in [1.82, 2.24) is 19.2 Å². The van der Waals surface area contributed by atoms with Crippen LogP contribution in [0.15, 0.2) is 11.2 Å². The number of carbonyl (C=O) groups is 1. The molecule has 1 unspecified atom stereocenters. The second kappa shape index (κ2) is 8.80. The maximum atomic E-state index is 12.7. The van der Waals surface area contributed by atoms with Crippen LogP contribution in [0, 0.1) is 12.8 Å². The molecule has 10 heteroatoms. The highest BCUT2D eigenvalue weighted by atomic mass is 35.5. The molecule has 1 aromatic heterocycles. The van der Waals surface area contributed by atoms with Crippen LogP contribution in [0.1, 0.15) is 25.6 Å². The fraction of sp³-hybridized carbons (Fsp3) is 0.714. The molecule has 1 fully saturated rings. The Kier molecular flexibility index (Phi) is 7.65. The molecule has 8 nitrogen and oxygen atoms in total. The number of halogens is 1. The molecule has 0 saturated carbocycles. The molecule has 0 bridgehead atoms. The summed E-state index contributed by atoms with van der Waals surface area (Å²) in [7, 11) is -3.66. The molecule has 3 N–H and O–H groups in total. The normalized spacial score (nSPS) is 18.9. The minimum absolute atomic E-state index is 0. The van der Waals surface area contributed by atoms with E-state index in [-0.39, 0.29) is 35.8 Å². The zero-order chi connectivity index (χ0) is 17.0. The van der Waals surface area contributed by atoms with E-state index in [4.69, 9.17) is 5.73 Å². The van der Waals surface area contributed by atoms with Gasteiger partial charge < -0.3 is 15.6 Å². The van der Waals surface area contributed by atoms with Crippen LogP contribution in [0.5, 0.6) is 0 Å². The Morgan fingerprint density at radius 1 is 1.50 bits per heavy atom. The van der Waals surface area contributed by atoms with Gasteiger partial charge in [0.2, 0.25) is 5.91 Å². The van der Waals surface area contributed by atoms with Gasteiger partial charge in [0.1, 0.15) is 5.82 Å². The van der Waals surface area contributed by atoms with E-state index in [0.717, 1.165) is 0 Å². The highest BCUT2D eigenvalue weighted by Crippen LogP contribution is 2.23. The maximum Gasteiger partial charge on any atom is 0.262 e. The molecule has 0 aromatic carbocycles. The van der Waals surface area contributed by atoms with E-state index in [9.17, 15) is 13.2 Å². The van der Waals surface area contributed by atoms with E-state index in [1.165, 1.54) is 4.31 Å². The number of hydrogen-bond donors (Lipinski definition) is 2. The van der Waals surface area contributed by atoms with Gasteiger partial charge in [0.25, 0.3) is 10.0 Å². The number of amides is 1. The van der Waals surface area contributed by atoms with Gasteiger partial charge in [-0.3, -0.25) is 4.79 Å². The predicted molar refractivity (Wildman–Crippen MR) is 93.4 cm³/mol. The number of piperidine rings is 1. The van der Waals surface area contributed by atoms with Gasteiger partial charge in [-0.25, -0.2) is 13.4 Å². The molecule has 1 saturated heterocycles. The molecule has 1 atom stereocenters. The first-order chi connectivity index (χ1) is 10.9. The highest BCUT2D eigenvalue weighted by Gasteiger charge is 2.34. The van der Waals surface area contributed by atoms with Crippen LogP contribution in [0.4, 0.5) is 0 Å². The van der Waals surface area contributed by atoms with Crippen LogP contribution in [-0.4, -0.2) is 54.4 Å². The summed E-state index contributed by atoms with van der Waals surface area (Å²) in [5.74, 6) is 0.199. The van der Waals surface area contributed by atoms with Crippen LogP contribution in [0.3, 0.4) is 0 Å². The van der Waals surface area contributed by atoms with Gasteiger partial charge in [-0.05, 0) is 26.7 Å². The van der Waals surface area contributed by atoms with Crippen molar-refractivity contribution in [3.8, 4) is 0 Å². The summed E-state index contributed by atoms with van der Waals surface area (Å²) in [5, 5.41) is 2.79. The van der Waals surface area contributed by atoms with E-state index >= 15 is 0 Å². The standard InChI is InChI=1S/C14H25N5O3S.ClH/c1-3-18-10-13(17-11(18)2)23(21,22)19-8-4-5-12(9-19)14(20)16-7-6-15;/h10,12H,3-9,15H2,1-2H3,(H,16,20);1H. The Bertz CT molecular complexity index is 661. The number of aryl methyl sites for hydroxylation is 2. The minimum atomic E-state index is -3.66. The fourth-order valence-corrected chi connectivity index (χ4v) is 4.29. The van der Waals surface area contributed by atoms with E-state index < -0.39 is 10.0 Å². The van der Waals surface area contributed by atoms with Crippen LogP contribution >= 0.6 is 12.4 Å². The Balaban J connectivity index is 0.00000288. The van der Waals surface area contributed by atoms with Gasteiger partial charge in [0.05, 0.1) is 5.92 Å². The van der Waals surface area contributed by atoms with Crippen molar-refractivity contribution in [2.75, 3.05) is 26.2 Å². The molecule has 1 aliphatic heterocycles. The largest absolute Gasteiger partial charge is 0.355 e. The zero-order valence-electron chi connectivity index (χ0n) is 14.1. The molecule has 2 heterocycles. The van der Waals surface area contributed by atoms with Crippen LogP contribution < -0.4 is 11.1 Å². The van der Waals surface area contributed by atoms with Crippen molar-refractivity contribution in [3.05, 3.63) is 12.0 Å². The van der Waals surface area contributed by atoms with Gasteiger partial charge in [0.15, 0.2) is 5.03 Å². The number of hydrogen-bond acceptors (Lipinski definition) is 5.